The van der Waals surface area contributed by atoms with E-state index < -0.39 is 12.1 Å². The first kappa shape index (κ1) is 21.9. The van der Waals surface area contributed by atoms with Gasteiger partial charge in [0.25, 0.3) is 0 Å². The minimum atomic E-state index is -0.745. The van der Waals surface area contributed by atoms with Crippen LogP contribution in [0.4, 0.5) is 5.69 Å². The smallest absolute Gasteiger partial charge is 0.303 e. The molecule has 7 heteroatoms. The molecule has 0 saturated heterocycles. The third-order valence-electron chi connectivity index (χ3n) is 3.61. The van der Waals surface area contributed by atoms with E-state index in [0.29, 0.717) is 19.4 Å². The van der Waals surface area contributed by atoms with E-state index in [1.807, 2.05) is 18.2 Å². The van der Waals surface area contributed by atoms with Crippen molar-refractivity contribution in [1.29, 1.82) is 0 Å². The maximum absolute atomic E-state index is 11.4. The van der Waals surface area contributed by atoms with E-state index in [0.717, 1.165) is 17.0 Å². The van der Waals surface area contributed by atoms with E-state index >= 15 is 0 Å². The molecule has 2 rings (SSSR count). The summed E-state index contributed by atoms with van der Waals surface area (Å²) in [7, 11) is 0. The second-order valence-electron chi connectivity index (χ2n) is 7.17. The highest BCUT2D eigenvalue weighted by Gasteiger charge is 2.19. The molecule has 0 aliphatic carbocycles. The van der Waals surface area contributed by atoms with Crippen LogP contribution in [-0.4, -0.2) is 46.9 Å². The lowest BCUT2D eigenvalue weighted by atomic mass is 10.0. The van der Waals surface area contributed by atoms with Gasteiger partial charge in [0, 0.05) is 36.2 Å². The van der Waals surface area contributed by atoms with Crippen LogP contribution in [0.2, 0.25) is 0 Å². The second kappa shape index (κ2) is 10.1. The molecule has 26 heavy (non-hydrogen) atoms. The third kappa shape index (κ3) is 8.31. The van der Waals surface area contributed by atoms with Crippen LogP contribution >= 0.6 is 0 Å². The van der Waals surface area contributed by atoms with Crippen LogP contribution in [0.3, 0.4) is 0 Å². The Bertz CT molecular complexity index is 610. The van der Waals surface area contributed by atoms with Crippen molar-refractivity contribution in [2.75, 3.05) is 18.5 Å². The van der Waals surface area contributed by atoms with Crippen molar-refractivity contribution in [3.63, 3.8) is 0 Å². The van der Waals surface area contributed by atoms with Gasteiger partial charge in [-0.05, 0) is 39.3 Å². The summed E-state index contributed by atoms with van der Waals surface area (Å²) in [6.07, 6.45) is 0.799. The molecular weight excluding hydrogens is 336 g/mol. The number of aliphatic hydroxyl groups excluding tert-OH is 1. The van der Waals surface area contributed by atoms with Crippen LogP contribution in [0.1, 0.15) is 46.1 Å². The van der Waals surface area contributed by atoms with Crippen LogP contribution in [0, 0.1) is 0 Å². The summed E-state index contributed by atoms with van der Waals surface area (Å²) in [6, 6.07) is 5.59. The number of aliphatic carboxylic acids is 1. The average Bonchev–Trinajstić information content (AvgIpc) is 2.57. The SMILES string of the molecule is CC(C)(C)NCC(O)COc1cccc2c1CCC(=O)N2.CCC(=O)O. The predicted molar refractivity (Wildman–Crippen MR) is 101 cm³/mol. The number of amides is 1. The number of carboxylic acids is 1. The van der Waals surface area contributed by atoms with E-state index in [-0.39, 0.29) is 24.5 Å². The van der Waals surface area contributed by atoms with Gasteiger partial charge in [0.05, 0.1) is 0 Å². The number of hydrogen-bond donors (Lipinski definition) is 4. The molecule has 146 valence electrons. The van der Waals surface area contributed by atoms with Gasteiger partial charge in [0.1, 0.15) is 18.5 Å². The van der Waals surface area contributed by atoms with Crippen LogP contribution in [0.15, 0.2) is 18.2 Å². The summed E-state index contributed by atoms with van der Waals surface area (Å²) >= 11 is 0. The summed E-state index contributed by atoms with van der Waals surface area (Å²) in [5.41, 5.74) is 1.79. The molecule has 1 unspecified atom stereocenters. The number of β-amino-alcohol motifs (C(OH)–C–C–N with tert-alkyl or cyclic N) is 1. The zero-order chi connectivity index (χ0) is 19.7. The summed E-state index contributed by atoms with van der Waals surface area (Å²) in [5, 5.41) is 23.8. The van der Waals surface area contributed by atoms with Crippen LogP contribution in [-0.2, 0) is 16.0 Å². The fraction of sp³-hybridized carbons (Fsp3) is 0.579. The van der Waals surface area contributed by atoms with E-state index in [1.165, 1.54) is 0 Å². The summed E-state index contributed by atoms with van der Waals surface area (Å²) < 4.78 is 5.73. The Morgan fingerprint density at radius 2 is 2.00 bits per heavy atom. The predicted octanol–water partition coefficient (Wildman–Crippen LogP) is 2.18. The number of carbonyl (C=O) groups is 2. The van der Waals surface area contributed by atoms with Crippen LogP contribution in [0.5, 0.6) is 5.75 Å². The molecule has 4 N–H and O–H groups in total. The Kier molecular flexibility index (Phi) is 8.54. The highest BCUT2D eigenvalue weighted by atomic mass is 16.5. The second-order valence-corrected chi connectivity index (χ2v) is 7.17. The van der Waals surface area contributed by atoms with Gasteiger partial charge in [-0.15, -0.1) is 0 Å². The number of fused-ring (bicyclic) bond motifs is 1. The minimum absolute atomic E-state index is 0.0306. The monoisotopic (exact) mass is 366 g/mol. The van der Waals surface area contributed by atoms with Crippen molar-refractivity contribution in [1.82, 2.24) is 5.32 Å². The summed E-state index contributed by atoms with van der Waals surface area (Å²) in [5.74, 6) is 0.0290. The molecule has 0 fully saturated rings. The molecule has 1 amide bonds. The molecule has 0 aromatic heterocycles. The molecule has 1 atom stereocenters. The lowest BCUT2D eigenvalue weighted by Gasteiger charge is -2.24. The maximum Gasteiger partial charge on any atom is 0.303 e. The first-order valence-electron chi connectivity index (χ1n) is 8.81. The van der Waals surface area contributed by atoms with Gasteiger partial charge >= 0.3 is 5.97 Å². The van der Waals surface area contributed by atoms with Crippen molar-refractivity contribution in [2.24, 2.45) is 0 Å². The molecule has 0 spiro atoms. The normalized spacial score (nSPS) is 14.4. The van der Waals surface area contributed by atoms with E-state index in [9.17, 15) is 14.7 Å². The number of rotatable bonds is 6. The molecule has 1 aromatic rings. The highest BCUT2D eigenvalue weighted by molar-refractivity contribution is 5.94. The molecule has 0 saturated carbocycles. The standard InChI is InChI=1S/C16H24N2O3.C3H6O2/c1-16(2,3)17-9-11(19)10-21-14-6-4-5-13-12(14)7-8-15(20)18-13;1-2-3(4)5/h4-6,11,17,19H,7-10H2,1-3H3,(H,18,20);2H2,1H3,(H,4,5). The molecular formula is C19H30N2O5. The average molecular weight is 366 g/mol. The number of carbonyl (C=O) groups excluding carboxylic acids is 1. The molecule has 0 bridgehead atoms. The Balaban J connectivity index is 0.000000597. The first-order valence-corrected chi connectivity index (χ1v) is 8.81. The Labute approximate surface area is 154 Å². The van der Waals surface area contributed by atoms with E-state index in [4.69, 9.17) is 9.84 Å². The number of hydrogen-bond acceptors (Lipinski definition) is 5. The zero-order valence-corrected chi connectivity index (χ0v) is 16.0. The molecule has 1 aliphatic rings. The first-order chi connectivity index (χ1) is 12.1. The van der Waals surface area contributed by atoms with Crippen LogP contribution in [0.25, 0.3) is 0 Å². The van der Waals surface area contributed by atoms with Crippen molar-refractivity contribution < 1.29 is 24.5 Å². The van der Waals surface area contributed by atoms with Gasteiger partial charge in [-0.3, -0.25) is 9.59 Å². The van der Waals surface area contributed by atoms with Crippen molar-refractivity contribution in [2.45, 2.75) is 58.6 Å². The minimum Gasteiger partial charge on any atom is -0.490 e. The van der Waals surface area contributed by atoms with Crippen LogP contribution < -0.4 is 15.4 Å². The van der Waals surface area contributed by atoms with Gasteiger partial charge in [-0.1, -0.05) is 13.0 Å². The number of nitrogens with one attached hydrogen (secondary N) is 2. The lowest BCUT2D eigenvalue weighted by Crippen LogP contribution is -2.42. The quantitative estimate of drug-likeness (QED) is 0.615. The Morgan fingerprint density at radius 1 is 1.35 bits per heavy atom. The Hall–Kier alpha value is -2.12. The fourth-order valence-electron chi connectivity index (χ4n) is 2.20. The maximum atomic E-state index is 11.4. The molecule has 7 nitrogen and oxygen atoms in total. The van der Waals surface area contributed by atoms with Gasteiger partial charge in [0.2, 0.25) is 5.91 Å². The number of aliphatic hydroxyl groups is 1. The molecule has 1 aliphatic heterocycles. The van der Waals surface area contributed by atoms with E-state index in [2.05, 4.69) is 31.4 Å². The molecule has 1 aromatic carbocycles. The largest absolute Gasteiger partial charge is 0.490 e. The topological polar surface area (TPSA) is 108 Å². The summed E-state index contributed by atoms with van der Waals surface area (Å²) in [4.78, 5) is 20.8. The fourth-order valence-corrected chi connectivity index (χ4v) is 2.20. The third-order valence-corrected chi connectivity index (χ3v) is 3.61. The van der Waals surface area contributed by atoms with Gasteiger partial charge in [-0.25, -0.2) is 0 Å². The number of carboxylic acid groups (broad SMARTS) is 1. The van der Waals surface area contributed by atoms with Crippen molar-refractivity contribution in [3.05, 3.63) is 23.8 Å². The van der Waals surface area contributed by atoms with Crippen molar-refractivity contribution >= 4 is 17.6 Å². The molecule has 0 radical (unpaired) electrons. The number of anilines is 1. The number of ether oxygens (including phenoxy) is 1. The van der Waals surface area contributed by atoms with Gasteiger partial charge in [0.15, 0.2) is 0 Å². The van der Waals surface area contributed by atoms with Crippen molar-refractivity contribution in [3.8, 4) is 5.75 Å². The zero-order valence-electron chi connectivity index (χ0n) is 16.0. The molecule has 1 heterocycles. The Morgan fingerprint density at radius 3 is 2.58 bits per heavy atom. The number of benzene rings is 1. The van der Waals surface area contributed by atoms with E-state index in [1.54, 1.807) is 6.92 Å². The van der Waals surface area contributed by atoms with Gasteiger partial charge < -0.3 is 25.6 Å². The van der Waals surface area contributed by atoms with Gasteiger partial charge in [-0.2, -0.15) is 0 Å². The highest BCUT2D eigenvalue weighted by Crippen LogP contribution is 2.31. The summed E-state index contributed by atoms with van der Waals surface area (Å²) in [6.45, 7) is 8.47. The lowest BCUT2D eigenvalue weighted by molar-refractivity contribution is -0.136.